The van der Waals surface area contributed by atoms with Gasteiger partial charge in [0.15, 0.2) is 0 Å². The average Bonchev–Trinajstić information content (AvgIpc) is 3.04. The molecular formula is C21H25N3O2. The molecule has 5 nitrogen and oxygen atoms in total. The number of amides is 2. The van der Waals surface area contributed by atoms with Gasteiger partial charge in [-0.2, -0.15) is 0 Å². The van der Waals surface area contributed by atoms with Crippen LogP contribution in [0.4, 0.5) is 11.4 Å². The van der Waals surface area contributed by atoms with E-state index in [-0.39, 0.29) is 24.2 Å². The van der Waals surface area contributed by atoms with Crippen molar-refractivity contribution < 1.29 is 9.59 Å². The van der Waals surface area contributed by atoms with Crippen LogP contribution in [0.25, 0.3) is 0 Å². The third kappa shape index (κ3) is 4.04. The number of aryl methyl sites for hydroxylation is 1. The van der Waals surface area contributed by atoms with E-state index in [1.807, 2.05) is 68.6 Å². The SMILES string of the molecule is Cc1ccccc1N1C[C@H](C(=O)NCCN(C)c2ccccc2)CC1=O. The van der Waals surface area contributed by atoms with E-state index >= 15 is 0 Å². The van der Waals surface area contributed by atoms with Crippen molar-refractivity contribution in [3.63, 3.8) is 0 Å². The Labute approximate surface area is 154 Å². The van der Waals surface area contributed by atoms with Crippen LogP contribution in [0.3, 0.4) is 0 Å². The molecule has 136 valence electrons. The molecule has 0 bridgehead atoms. The van der Waals surface area contributed by atoms with E-state index in [2.05, 4.69) is 10.2 Å². The summed E-state index contributed by atoms with van der Waals surface area (Å²) in [5.41, 5.74) is 3.06. The molecule has 1 aliphatic heterocycles. The molecule has 1 saturated heterocycles. The number of nitrogens with one attached hydrogen (secondary N) is 1. The first-order valence-corrected chi connectivity index (χ1v) is 8.96. The van der Waals surface area contributed by atoms with Gasteiger partial charge in [-0.1, -0.05) is 36.4 Å². The van der Waals surface area contributed by atoms with Crippen molar-refractivity contribution >= 4 is 23.2 Å². The lowest BCUT2D eigenvalue weighted by Crippen LogP contribution is -2.37. The van der Waals surface area contributed by atoms with Gasteiger partial charge in [-0.15, -0.1) is 0 Å². The van der Waals surface area contributed by atoms with E-state index in [9.17, 15) is 9.59 Å². The summed E-state index contributed by atoms with van der Waals surface area (Å²) in [5.74, 6) is -0.319. The second-order valence-electron chi connectivity index (χ2n) is 6.74. The summed E-state index contributed by atoms with van der Waals surface area (Å²) in [4.78, 5) is 28.6. The first-order valence-electron chi connectivity index (χ1n) is 8.96. The van der Waals surface area contributed by atoms with Crippen LogP contribution in [-0.4, -0.2) is 38.5 Å². The van der Waals surface area contributed by atoms with Crippen LogP contribution in [-0.2, 0) is 9.59 Å². The summed E-state index contributed by atoms with van der Waals surface area (Å²) in [5, 5.41) is 2.97. The standard InChI is InChI=1S/C21H25N3O2/c1-16-8-6-7-11-19(16)24-15-17(14-20(24)25)21(26)22-12-13-23(2)18-9-4-3-5-10-18/h3-11,17H,12-15H2,1-2H3,(H,22,26)/t17-/m1/s1. The molecular weight excluding hydrogens is 326 g/mol. The van der Waals surface area contributed by atoms with Crippen molar-refractivity contribution in [3.05, 3.63) is 60.2 Å². The Balaban J connectivity index is 1.51. The summed E-state index contributed by atoms with van der Waals surface area (Å²) in [7, 11) is 2.00. The highest BCUT2D eigenvalue weighted by Crippen LogP contribution is 2.27. The second-order valence-corrected chi connectivity index (χ2v) is 6.74. The molecule has 3 rings (SSSR count). The lowest BCUT2D eigenvalue weighted by atomic mass is 10.1. The molecule has 0 radical (unpaired) electrons. The average molecular weight is 351 g/mol. The Morgan fingerprint density at radius 3 is 2.58 bits per heavy atom. The minimum atomic E-state index is -0.288. The molecule has 1 fully saturated rings. The maximum Gasteiger partial charge on any atom is 0.227 e. The minimum absolute atomic E-state index is 0.0147. The molecule has 0 unspecified atom stereocenters. The van der Waals surface area contributed by atoms with Crippen LogP contribution < -0.4 is 15.1 Å². The van der Waals surface area contributed by atoms with E-state index in [0.29, 0.717) is 13.1 Å². The fourth-order valence-corrected chi connectivity index (χ4v) is 3.29. The maximum absolute atomic E-state index is 12.5. The number of likely N-dealkylation sites (N-methyl/N-ethyl adjacent to an activating group) is 1. The summed E-state index contributed by atoms with van der Waals surface area (Å²) < 4.78 is 0. The normalized spacial score (nSPS) is 16.6. The van der Waals surface area contributed by atoms with Crippen LogP contribution in [0.5, 0.6) is 0 Å². The highest BCUT2D eigenvalue weighted by Gasteiger charge is 2.35. The van der Waals surface area contributed by atoms with Crippen molar-refractivity contribution in [1.29, 1.82) is 0 Å². The Bertz CT molecular complexity index is 776. The highest BCUT2D eigenvalue weighted by molar-refractivity contribution is 6.00. The number of hydrogen-bond acceptors (Lipinski definition) is 3. The van der Waals surface area contributed by atoms with Crippen LogP contribution in [0.15, 0.2) is 54.6 Å². The van der Waals surface area contributed by atoms with Crippen molar-refractivity contribution in [3.8, 4) is 0 Å². The van der Waals surface area contributed by atoms with Gasteiger partial charge < -0.3 is 15.1 Å². The van der Waals surface area contributed by atoms with E-state index in [1.165, 1.54) is 0 Å². The Morgan fingerprint density at radius 1 is 1.15 bits per heavy atom. The smallest absolute Gasteiger partial charge is 0.227 e. The van der Waals surface area contributed by atoms with E-state index in [1.54, 1.807) is 4.90 Å². The lowest BCUT2D eigenvalue weighted by molar-refractivity contribution is -0.126. The van der Waals surface area contributed by atoms with E-state index in [0.717, 1.165) is 23.5 Å². The molecule has 1 aliphatic rings. The van der Waals surface area contributed by atoms with Gasteiger partial charge in [0.05, 0.1) is 5.92 Å². The Morgan fingerprint density at radius 2 is 1.85 bits per heavy atom. The first kappa shape index (κ1) is 18.0. The van der Waals surface area contributed by atoms with Crippen LogP contribution in [0, 0.1) is 12.8 Å². The molecule has 1 atom stereocenters. The van der Waals surface area contributed by atoms with Crippen LogP contribution in [0.2, 0.25) is 0 Å². The summed E-state index contributed by atoms with van der Waals surface area (Å²) in [6.07, 6.45) is 0.273. The molecule has 1 heterocycles. The topological polar surface area (TPSA) is 52.7 Å². The summed E-state index contributed by atoms with van der Waals surface area (Å²) in [6, 6.07) is 17.8. The zero-order chi connectivity index (χ0) is 18.5. The van der Waals surface area contributed by atoms with Gasteiger partial charge in [-0.05, 0) is 30.7 Å². The highest BCUT2D eigenvalue weighted by atomic mass is 16.2. The number of benzene rings is 2. The largest absolute Gasteiger partial charge is 0.373 e. The summed E-state index contributed by atoms with van der Waals surface area (Å²) in [6.45, 7) is 3.71. The molecule has 0 aliphatic carbocycles. The Hall–Kier alpha value is -2.82. The molecule has 1 N–H and O–H groups in total. The molecule has 0 saturated carbocycles. The Kier molecular flexibility index (Phi) is 5.56. The van der Waals surface area contributed by atoms with Gasteiger partial charge in [0.1, 0.15) is 0 Å². The van der Waals surface area contributed by atoms with Gasteiger partial charge in [0, 0.05) is 44.5 Å². The predicted molar refractivity (Wildman–Crippen MR) is 104 cm³/mol. The van der Waals surface area contributed by atoms with E-state index in [4.69, 9.17) is 0 Å². The zero-order valence-corrected chi connectivity index (χ0v) is 15.3. The molecule has 2 aromatic rings. The monoisotopic (exact) mass is 351 g/mol. The molecule has 26 heavy (non-hydrogen) atoms. The molecule has 2 aromatic carbocycles. The molecule has 0 spiro atoms. The van der Waals surface area contributed by atoms with Crippen LogP contribution >= 0.6 is 0 Å². The number of nitrogens with zero attached hydrogens (tertiary/aromatic N) is 2. The van der Waals surface area contributed by atoms with Gasteiger partial charge in [-0.25, -0.2) is 0 Å². The molecule has 2 amide bonds. The van der Waals surface area contributed by atoms with Crippen molar-refractivity contribution in [1.82, 2.24) is 5.32 Å². The zero-order valence-electron chi connectivity index (χ0n) is 15.3. The first-order chi connectivity index (χ1) is 12.6. The maximum atomic E-state index is 12.5. The summed E-state index contributed by atoms with van der Waals surface area (Å²) >= 11 is 0. The molecule has 0 aromatic heterocycles. The third-order valence-electron chi connectivity index (χ3n) is 4.85. The fraction of sp³-hybridized carbons (Fsp3) is 0.333. The number of para-hydroxylation sites is 2. The van der Waals surface area contributed by atoms with Crippen molar-refractivity contribution in [2.24, 2.45) is 5.92 Å². The van der Waals surface area contributed by atoms with Gasteiger partial charge in [-0.3, -0.25) is 9.59 Å². The quantitative estimate of drug-likeness (QED) is 0.870. The van der Waals surface area contributed by atoms with Crippen molar-refractivity contribution in [2.45, 2.75) is 13.3 Å². The van der Waals surface area contributed by atoms with Gasteiger partial charge in [0.2, 0.25) is 11.8 Å². The number of rotatable bonds is 6. The molecule has 5 heteroatoms. The minimum Gasteiger partial charge on any atom is -0.373 e. The number of hydrogen-bond donors (Lipinski definition) is 1. The van der Waals surface area contributed by atoms with Crippen molar-refractivity contribution in [2.75, 3.05) is 36.5 Å². The van der Waals surface area contributed by atoms with Gasteiger partial charge in [0.25, 0.3) is 0 Å². The number of carbonyl (C=O) groups is 2. The number of carbonyl (C=O) groups excluding carboxylic acids is 2. The predicted octanol–water partition coefficient (Wildman–Crippen LogP) is 2.60. The van der Waals surface area contributed by atoms with Gasteiger partial charge >= 0.3 is 0 Å². The fourth-order valence-electron chi connectivity index (χ4n) is 3.29. The van der Waals surface area contributed by atoms with E-state index < -0.39 is 0 Å². The van der Waals surface area contributed by atoms with Crippen LogP contribution in [0.1, 0.15) is 12.0 Å². The second kappa shape index (κ2) is 8.04. The number of anilines is 2. The third-order valence-corrected chi connectivity index (χ3v) is 4.85. The lowest BCUT2D eigenvalue weighted by Gasteiger charge is -2.20.